The normalized spacial score (nSPS) is 9.85. The van der Waals surface area contributed by atoms with E-state index in [0.29, 0.717) is 5.02 Å². The quantitative estimate of drug-likeness (QED) is 0.593. The van der Waals surface area contributed by atoms with Gasteiger partial charge in [-0.3, -0.25) is 10.1 Å². The third kappa shape index (κ3) is 2.90. The molecule has 100 valence electrons. The fourth-order valence-corrected chi connectivity index (χ4v) is 2.05. The molecule has 0 aliphatic carbocycles. The van der Waals surface area contributed by atoms with Crippen LogP contribution in [-0.4, -0.2) is 4.92 Å². The zero-order valence-electron chi connectivity index (χ0n) is 9.84. The van der Waals surface area contributed by atoms with Crippen molar-refractivity contribution in [3.05, 3.63) is 61.6 Å². The van der Waals surface area contributed by atoms with Gasteiger partial charge >= 0.3 is 5.69 Å². The molecule has 5 nitrogen and oxygen atoms in total. The first-order valence-electron chi connectivity index (χ1n) is 5.33. The number of nitro groups is 1. The molecule has 0 fully saturated rings. The number of hydrogen-bond donors (Lipinski definition) is 0. The average Bonchev–Trinajstić information content (AvgIpc) is 2.42. The van der Waals surface area contributed by atoms with E-state index in [1.807, 2.05) is 0 Å². The summed E-state index contributed by atoms with van der Waals surface area (Å²) in [6, 6.07) is 10.9. The summed E-state index contributed by atoms with van der Waals surface area (Å²) >= 11 is 9.23. The lowest BCUT2D eigenvalue weighted by Crippen LogP contribution is -1.96. The molecule has 0 amide bonds. The molecule has 0 spiro atoms. The van der Waals surface area contributed by atoms with E-state index in [0.717, 1.165) is 4.47 Å². The van der Waals surface area contributed by atoms with E-state index in [2.05, 4.69) is 15.9 Å². The molecule has 20 heavy (non-hydrogen) atoms. The molecule has 2 rings (SSSR count). The zero-order valence-corrected chi connectivity index (χ0v) is 12.2. The van der Waals surface area contributed by atoms with Gasteiger partial charge in [0.05, 0.1) is 9.95 Å². The Labute approximate surface area is 127 Å². The summed E-state index contributed by atoms with van der Waals surface area (Å²) in [5.74, 6) is 0.230. The van der Waals surface area contributed by atoms with Gasteiger partial charge in [0.15, 0.2) is 0 Å². The molecule has 0 saturated heterocycles. The Hall–Kier alpha value is -2.10. The fourth-order valence-electron chi connectivity index (χ4n) is 1.56. The minimum absolute atomic E-state index is 0.0333. The van der Waals surface area contributed by atoms with Crippen LogP contribution in [0.2, 0.25) is 5.02 Å². The van der Waals surface area contributed by atoms with Gasteiger partial charge in [0.2, 0.25) is 5.75 Å². The van der Waals surface area contributed by atoms with Crippen LogP contribution in [0.3, 0.4) is 0 Å². The van der Waals surface area contributed by atoms with Gasteiger partial charge in [-0.05, 0) is 30.3 Å². The smallest absolute Gasteiger partial charge is 0.329 e. The van der Waals surface area contributed by atoms with Crippen LogP contribution in [0.25, 0.3) is 0 Å². The second-order valence-electron chi connectivity index (χ2n) is 3.70. The molecule has 0 heterocycles. The van der Waals surface area contributed by atoms with Crippen molar-refractivity contribution in [3.63, 3.8) is 0 Å². The number of ether oxygens (including phenoxy) is 1. The van der Waals surface area contributed by atoms with Crippen LogP contribution < -0.4 is 4.74 Å². The first kappa shape index (κ1) is 14.3. The third-order valence-corrected chi connectivity index (χ3v) is 3.22. The van der Waals surface area contributed by atoms with Crippen LogP contribution in [0.1, 0.15) is 5.56 Å². The standard InChI is InChI=1S/C13H6BrClN2O3/c14-9-4-5-10(15)12(6-9)20-11-3-1-2-8(7-16)13(11)17(18)19/h1-6H. The molecule has 2 aromatic carbocycles. The number of nitriles is 1. The minimum Gasteiger partial charge on any atom is -0.448 e. The molecule has 0 N–H and O–H groups in total. The van der Waals surface area contributed by atoms with Crippen molar-refractivity contribution < 1.29 is 9.66 Å². The number of nitrogens with zero attached hydrogens (tertiary/aromatic N) is 2. The van der Waals surface area contributed by atoms with Crippen molar-refractivity contribution in [2.75, 3.05) is 0 Å². The Bertz CT molecular complexity index is 728. The SMILES string of the molecule is N#Cc1cccc(Oc2cc(Br)ccc2Cl)c1[N+](=O)[O-]. The molecule has 0 aliphatic heterocycles. The molecule has 0 saturated carbocycles. The van der Waals surface area contributed by atoms with E-state index in [9.17, 15) is 10.1 Å². The number of hydrogen-bond acceptors (Lipinski definition) is 4. The van der Waals surface area contributed by atoms with Gasteiger partial charge in [0, 0.05) is 4.47 Å². The number of rotatable bonds is 3. The highest BCUT2D eigenvalue weighted by molar-refractivity contribution is 9.10. The van der Waals surface area contributed by atoms with Gasteiger partial charge in [-0.25, -0.2) is 0 Å². The molecule has 0 radical (unpaired) electrons. The Kier molecular flexibility index (Phi) is 4.23. The van der Waals surface area contributed by atoms with Crippen molar-refractivity contribution in [2.45, 2.75) is 0 Å². The van der Waals surface area contributed by atoms with Crippen LogP contribution >= 0.6 is 27.5 Å². The maximum absolute atomic E-state index is 11.1. The van der Waals surface area contributed by atoms with Crippen molar-refractivity contribution in [1.29, 1.82) is 5.26 Å². The lowest BCUT2D eigenvalue weighted by Gasteiger charge is -2.08. The minimum atomic E-state index is -0.653. The summed E-state index contributed by atoms with van der Waals surface area (Å²) in [7, 11) is 0. The van der Waals surface area contributed by atoms with Crippen molar-refractivity contribution in [1.82, 2.24) is 0 Å². The summed E-state index contributed by atoms with van der Waals surface area (Å²) < 4.78 is 6.19. The monoisotopic (exact) mass is 352 g/mol. The molecule has 0 aromatic heterocycles. The van der Waals surface area contributed by atoms with E-state index in [1.54, 1.807) is 24.3 Å². The highest BCUT2D eigenvalue weighted by atomic mass is 79.9. The van der Waals surface area contributed by atoms with Crippen LogP contribution in [0.5, 0.6) is 11.5 Å². The van der Waals surface area contributed by atoms with Crippen LogP contribution in [-0.2, 0) is 0 Å². The predicted octanol–water partition coefficient (Wildman–Crippen LogP) is 4.67. The highest BCUT2D eigenvalue weighted by Crippen LogP contribution is 2.37. The van der Waals surface area contributed by atoms with E-state index >= 15 is 0 Å². The number of nitro benzene ring substituents is 1. The summed E-state index contributed by atoms with van der Waals surface area (Å²) in [6.45, 7) is 0. The lowest BCUT2D eigenvalue weighted by atomic mass is 10.2. The molecular weight excluding hydrogens is 348 g/mol. The number of para-hydroxylation sites is 1. The van der Waals surface area contributed by atoms with E-state index < -0.39 is 4.92 Å². The van der Waals surface area contributed by atoms with Gasteiger partial charge in [0.1, 0.15) is 17.4 Å². The van der Waals surface area contributed by atoms with Crippen molar-refractivity contribution >= 4 is 33.2 Å². The van der Waals surface area contributed by atoms with Crippen LogP contribution in [0, 0.1) is 21.4 Å². The molecule has 2 aromatic rings. The largest absolute Gasteiger partial charge is 0.448 e. The van der Waals surface area contributed by atoms with E-state index in [1.165, 1.54) is 18.2 Å². The molecule has 7 heteroatoms. The van der Waals surface area contributed by atoms with Gasteiger partial charge in [-0.2, -0.15) is 5.26 Å². The summed E-state index contributed by atoms with van der Waals surface area (Å²) in [5.41, 5.74) is -0.454. The van der Waals surface area contributed by atoms with Gasteiger partial charge in [0.25, 0.3) is 0 Å². The van der Waals surface area contributed by atoms with E-state index in [-0.39, 0.29) is 22.7 Å². The lowest BCUT2D eigenvalue weighted by molar-refractivity contribution is -0.385. The first-order valence-corrected chi connectivity index (χ1v) is 6.50. The van der Waals surface area contributed by atoms with Gasteiger partial charge in [-0.1, -0.05) is 33.6 Å². The fraction of sp³-hybridized carbons (Fsp3) is 0. The first-order chi connectivity index (χ1) is 9.52. The van der Waals surface area contributed by atoms with Crippen molar-refractivity contribution in [3.8, 4) is 17.6 Å². The topological polar surface area (TPSA) is 76.2 Å². The summed E-state index contributed by atoms with van der Waals surface area (Å²) in [4.78, 5) is 10.4. The number of benzene rings is 2. The van der Waals surface area contributed by atoms with Crippen LogP contribution in [0.15, 0.2) is 40.9 Å². The second kappa shape index (κ2) is 5.90. The average molecular weight is 354 g/mol. The highest BCUT2D eigenvalue weighted by Gasteiger charge is 2.22. The van der Waals surface area contributed by atoms with Crippen molar-refractivity contribution in [2.24, 2.45) is 0 Å². The zero-order chi connectivity index (χ0) is 14.7. The molecule has 0 bridgehead atoms. The predicted molar refractivity (Wildman–Crippen MR) is 77.0 cm³/mol. The summed E-state index contributed by atoms with van der Waals surface area (Å²) in [6.07, 6.45) is 0. The Balaban J connectivity index is 2.52. The molecule has 0 unspecified atom stereocenters. The third-order valence-electron chi connectivity index (χ3n) is 2.42. The maximum atomic E-state index is 11.1. The molecule has 0 atom stereocenters. The summed E-state index contributed by atoms with van der Waals surface area (Å²) in [5, 5.41) is 20.3. The van der Waals surface area contributed by atoms with Gasteiger partial charge < -0.3 is 4.74 Å². The Morgan fingerprint density at radius 2 is 2.05 bits per heavy atom. The maximum Gasteiger partial charge on any atom is 0.329 e. The van der Waals surface area contributed by atoms with E-state index in [4.69, 9.17) is 21.6 Å². The van der Waals surface area contributed by atoms with Gasteiger partial charge in [-0.15, -0.1) is 0 Å². The molecule has 0 aliphatic rings. The van der Waals surface area contributed by atoms with Crippen LogP contribution in [0.4, 0.5) is 5.69 Å². The molecular formula is C13H6BrClN2O3. The second-order valence-corrected chi connectivity index (χ2v) is 5.02. The Morgan fingerprint density at radius 3 is 2.70 bits per heavy atom. The Morgan fingerprint density at radius 1 is 1.30 bits per heavy atom. The number of halogens is 2.